The Morgan fingerprint density at radius 3 is 2.68 bits per heavy atom. The molecule has 2 rings (SSSR count). The highest BCUT2D eigenvalue weighted by molar-refractivity contribution is 5.80. The van der Waals surface area contributed by atoms with Crippen molar-refractivity contribution in [3.05, 3.63) is 23.9 Å². The van der Waals surface area contributed by atoms with Crippen LogP contribution in [0.1, 0.15) is 39.2 Å². The van der Waals surface area contributed by atoms with Gasteiger partial charge in [0.05, 0.1) is 6.54 Å². The van der Waals surface area contributed by atoms with Crippen LogP contribution in [0.2, 0.25) is 0 Å². The zero-order chi connectivity index (χ0) is 18.2. The van der Waals surface area contributed by atoms with Gasteiger partial charge in [0.15, 0.2) is 5.96 Å². The average molecular weight is 347 g/mol. The zero-order valence-corrected chi connectivity index (χ0v) is 16.4. The summed E-state index contributed by atoms with van der Waals surface area (Å²) in [5.41, 5.74) is 1.17. The minimum atomic E-state index is 0.502. The molecule has 140 valence electrons. The predicted octanol–water partition coefficient (Wildman–Crippen LogP) is 2.08. The Hall–Kier alpha value is -1.82. The molecule has 0 unspecified atom stereocenters. The van der Waals surface area contributed by atoms with Crippen LogP contribution < -0.4 is 15.5 Å². The maximum Gasteiger partial charge on any atom is 0.191 e. The van der Waals surface area contributed by atoms with E-state index in [2.05, 4.69) is 47.4 Å². The number of aliphatic imine (C=N–C) groups is 1. The van der Waals surface area contributed by atoms with Gasteiger partial charge >= 0.3 is 0 Å². The van der Waals surface area contributed by atoms with Crippen LogP contribution in [0.4, 0.5) is 5.82 Å². The topological polar surface area (TPSA) is 55.8 Å². The Kier molecular flexibility index (Phi) is 7.50. The van der Waals surface area contributed by atoms with Gasteiger partial charge in [0.2, 0.25) is 0 Å². The maximum atomic E-state index is 4.77. The molecule has 1 fully saturated rings. The number of pyridine rings is 1. The van der Waals surface area contributed by atoms with Crippen LogP contribution in [-0.2, 0) is 6.54 Å². The Morgan fingerprint density at radius 2 is 2.08 bits per heavy atom. The van der Waals surface area contributed by atoms with Crippen LogP contribution in [0.25, 0.3) is 0 Å². The van der Waals surface area contributed by atoms with Gasteiger partial charge < -0.3 is 20.4 Å². The monoisotopic (exact) mass is 346 g/mol. The lowest BCUT2D eigenvalue weighted by atomic mass is 10.0. The largest absolute Gasteiger partial charge is 0.363 e. The molecule has 0 radical (unpaired) electrons. The van der Waals surface area contributed by atoms with Gasteiger partial charge in [-0.3, -0.25) is 0 Å². The molecule has 6 nitrogen and oxygen atoms in total. The van der Waals surface area contributed by atoms with E-state index in [1.165, 1.54) is 18.4 Å². The van der Waals surface area contributed by atoms with E-state index in [0.29, 0.717) is 18.6 Å². The van der Waals surface area contributed by atoms with Crippen molar-refractivity contribution in [3.63, 3.8) is 0 Å². The summed E-state index contributed by atoms with van der Waals surface area (Å²) in [5, 5.41) is 6.98. The summed E-state index contributed by atoms with van der Waals surface area (Å²) in [4.78, 5) is 13.7. The van der Waals surface area contributed by atoms with Crippen molar-refractivity contribution < 1.29 is 0 Å². The lowest BCUT2D eigenvalue weighted by molar-refractivity contribution is 0.167. The molecule has 25 heavy (non-hydrogen) atoms. The molecule has 1 aromatic heterocycles. The van der Waals surface area contributed by atoms with Crippen molar-refractivity contribution in [2.45, 2.75) is 52.2 Å². The first-order chi connectivity index (χ1) is 12.0. The molecule has 0 amide bonds. The summed E-state index contributed by atoms with van der Waals surface area (Å²) in [6.45, 7) is 10.5. The molecule has 1 saturated heterocycles. The van der Waals surface area contributed by atoms with E-state index in [-0.39, 0.29) is 0 Å². The maximum absolute atomic E-state index is 4.77. The summed E-state index contributed by atoms with van der Waals surface area (Å²) in [7, 11) is 4.01. The summed E-state index contributed by atoms with van der Waals surface area (Å²) in [6.07, 6.45) is 4.19. The van der Waals surface area contributed by atoms with Gasteiger partial charge in [0.1, 0.15) is 5.82 Å². The normalized spacial score (nSPS) is 17.0. The number of hydrogen-bond donors (Lipinski definition) is 2. The van der Waals surface area contributed by atoms with Gasteiger partial charge in [-0.2, -0.15) is 0 Å². The molecular formula is C19H34N6. The highest BCUT2D eigenvalue weighted by Gasteiger charge is 2.21. The number of hydrogen-bond acceptors (Lipinski definition) is 4. The lowest BCUT2D eigenvalue weighted by Gasteiger charge is -2.35. The highest BCUT2D eigenvalue weighted by atomic mass is 15.2. The van der Waals surface area contributed by atoms with Gasteiger partial charge in [0, 0.05) is 52.0 Å². The lowest BCUT2D eigenvalue weighted by Crippen LogP contribution is -2.49. The van der Waals surface area contributed by atoms with Crippen molar-refractivity contribution in [1.29, 1.82) is 0 Å². The fraction of sp³-hybridized carbons (Fsp3) is 0.684. The van der Waals surface area contributed by atoms with Crippen molar-refractivity contribution >= 4 is 11.8 Å². The number of piperidine rings is 1. The second kappa shape index (κ2) is 9.61. The Morgan fingerprint density at radius 1 is 1.36 bits per heavy atom. The number of guanidine groups is 1. The van der Waals surface area contributed by atoms with Crippen LogP contribution in [0.5, 0.6) is 0 Å². The third-order valence-corrected chi connectivity index (χ3v) is 4.63. The van der Waals surface area contributed by atoms with Crippen molar-refractivity contribution in [2.24, 2.45) is 4.99 Å². The minimum Gasteiger partial charge on any atom is -0.363 e. The highest BCUT2D eigenvalue weighted by Crippen LogP contribution is 2.13. The summed E-state index contributed by atoms with van der Waals surface area (Å²) >= 11 is 0. The van der Waals surface area contributed by atoms with E-state index < -0.39 is 0 Å². The Labute approximate surface area is 152 Å². The number of rotatable bonds is 6. The second-order valence-corrected chi connectivity index (χ2v) is 7.16. The first-order valence-corrected chi connectivity index (χ1v) is 9.40. The third kappa shape index (κ3) is 6.20. The second-order valence-electron chi connectivity index (χ2n) is 7.16. The molecule has 6 heteroatoms. The van der Waals surface area contributed by atoms with Crippen molar-refractivity contribution in [2.75, 3.05) is 38.6 Å². The van der Waals surface area contributed by atoms with Crippen LogP contribution in [0, 0.1) is 0 Å². The fourth-order valence-electron chi connectivity index (χ4n) is 3.05. The number of nitrogens with zero attached hydrogens (tertiary/aromatic N) is 4. The molecule has 0 aliphatic carbocycles. The number of nitrogens with one attached hydrogen (secondary N) is 2. The van der Waals surface area contributed by atoms with Gasteiger partial charge in [-0.15, -0.1) is 0 Å². The molecule has 0 atom stereocenters. The van der Waals surface area contributed by atoms with Gasteiger partial charge in [0.25, 0.3) is 0 Å². The summed E-state index contributed by atoms with van der Waals surface area (Å²) < 4.78 is 0. The molecule has 0 spiro atoms. The Balaban J connectivity index is 1.93. The van der Waals surface area contributed by atoms with Crippen LogP contribution in [0.3, 0.4) is 0 Å². The van der Waals surface area contributed by atoms with Crippen LogP contribution in [-0.4, -0.2) is 61.7 Å². The molecule has 2 N–H and O–H groups in total. The van der Waals surface area contributed by atoms with E-state index in [4.69, 9.17) is 4.99 Å². The summed E-state index contributed by atoms with van der Waals surface area (Å²) in [6, 6.07) is 5.26. The molecule has 1 aliphatic rings. The Bertz CT molecular complexity index is 547. The number of likely N-dealkylation sites (tertiary alicyclic amines) is 1. The van der Waals surface area contributed by atoms with Crippen LogP contribution in [0.15, 0.2) is 23.3 Å². The number of aromatic nitrogens is 1. The first kappa shape index (κ1) is 19.5. The molecule has 0 bridgehead atoms. The fourth-order valence-corrected chi connectivity index (χ4v) is 3.05. The standard InChI is InChI=1S/C19H34N6/c1-6-20-19(23-17-8-11-25(12-9-17)15(2)3)22-14-16-7-10-21-18(13-16)24(4)5/h7,10,13,15,17H,6,8-9,11-12,14H2,1-5H3,(H2,20,22,23). The van der Waals surface area contributed by atoms with Crippen molar-refractivity contribution in [3.8, 4) is 0 Å². The van der Waals surface area contributed by atoms with Crippen molar-refractivity contribution in [1.82, 2.24) is 20.5 Å². The minimum absolute atomic E-state index is 0.502. The smallest absolute Gasteiger partial charge is 0.191 e. The predicted molar refractivity (Wildman–Crippen MR) is 106 cm³/mol. The first-order valence-electron chi connectivity index (χ1n) is 9.40. The average Bonchev–Trinajstić information content (AvgIpc) is 2.60. The van der Waals surface area contributed by atoms with Crippen LogP contribution >= 0.6 is 0 Å². The molecule has 0 aromatic carbocycles. The molecule has 1 aromatic rings. The quantitative estimate of drug-likeness (QED) is 0.610. The molecule has 2 heterocycles. The zero-order valence-electron chi connectivity index (χ0n) is 16.4. The molecule has 0 saturated carbocycles. The molecular weight excluding hydrogens is 312 g/mol. The SMILES string of the molecule is CCNC(=NCc1ccnc(N(C)C)c1)NC1CCN(C(C)C)CC1. The van der Waals surface area contributed by atoms with Gasteiger partial charge in [-0.05, 0) is 51.3 Å². The van der Waals surface area contributed by atoms with E-state index in [1.54, 1.807) is 0 Å². The third-order valence-electron chi connectivity index (χ3n) is 4.63. The number of anilines is 1. The van der Waals surface area contributed by atoms with E-state index >= 15 is 0 Å². The molecule has 1 aliphatic heterocycles. The van der Waals surface area contributed by atoms with Gasteiger partial charge in [-0.1, -0.05) is 0 Å². The van der Waals surface area contributed by atoms with Gasteiger partial charge in [-0.25, -0.2) is 9.98 Å². The summed E-state index contributed by atoms with van der Waals surface area (Å²) in [5.74, 6) is 1.88. The van der Waals surface area contributed by atoms with E-state index in [1.807, 2.05) is 31.3 Å². The van der Waals surface area contributed by atoms with E-state index in [0.717, 1.165) is 31.4 Å². The van der Waals surface area contributed by atoms with E-state index in [9.17, 15) is 0 Å².